The molecule has 4 nitrogen and oxygen atoms in total. The Morgan fingerprint density at radius 1 is 0.923 bits per heavy atom. The minimum Gasteiger partial charge on any atom is -0.352 e. The van der Waals surface area contributed by atoms with Crippen molar-refractivity contribution < 1.29 is 9.59 Å². The molecule has 0 saturated heterocycles. The molecular weight excluding hydrogens is 324 g/mol. The third-order valence-electron chi connectivity index (χ3n) is 4.27. The van der Waals surface area contributed by atoms with E-state index in [9.17, 15) is 9.59 Å². The van der Waals surface area contributed by atoms with Crippen LogP contribution in [0, 0.1) is 6.92 Å². The van der Waals surface area contributed by atoms with E-state index in [4.69, 9.17) is 0 Å². The Balaban J connectivity index is 2.19. The Kier molecular flexibility index (Phi) is 6.96. The SMILES string of the molecule is Cc1ccc(CC(=O)N(Cc2ccccc2)[C@@H](C)C(=O)NC(C)C)cc1. The fourth-order valence-electron chi connectivity index (χ4n) is 2.75. The van der Waals surface area contributed by atoms with E-state index in [2.05, 4.69) is 5.32 Å². The maximum Gasteiger partial charge on any atom is 0.242 e. The summed E-state index contributed by atoms with van der Waals surface area (Å²) >= 11 is 0. The van der Waals surface area contributed by atoms with Gasteiger partial charge in [0.2, 0.25) is 11.8 Å². The van der Waals surface area contributed by atoms with Crippen molar-refractivity contribution in [3.05, 3.63) is 71.3 Å². The van der Waals surface area contributed by atoms with Gasteiger partial charge in [0.15, 0.2) is 0 Å². The molecule has 0 heterocycles. The molecule has 0 saturated carbocycles. The highest BCUT2D eigenvalue weighted by atomic mass is 16.2. The van der Waals surface area contributed by atoms with Crippen molar-refractivity contribution in [2.75, 3.05) is 0 Å². The van der Waals surface area contributed by atoms with E-state index in [1.54, 1.807) is 11.8 Å². The summed E-state index contributed by atoms with van der Waals surface area (Å²) < 4.78 is 0. The van der Waals surface area contributed by atoms with Gasteiger partial charge < -0.3 is 10.2 Å². The van der Waals surface area contributed by atoms with Crippen LogP contribution >= 0.6 is 0 Å². The van der Waals surface area contributed by atoms with Crippen LogP contribution in [0.2, 0.25) is 0 Å². The van der Waals surface area contributed by atoms with Crippen LogP contribution in [0.25, 0.3) is 0 Å². The number of nitrogens with zero attached hydrogens (tertiary/aromatic N) is 1. The van der Waals surface area contributed by atoms with Crippen molar-refractivity contribution in [2.24, 2.45) is 0 Å². The summed E-state index contributed by atoms with van der Waals surface area (Å²) in [5, 5.41) is 2.90. The number of hydrogen-bond donors (Lipinski definition) is 1. The molecular formula is C22H28N2O2. The zero-order chi connectivity index (χ0) is 19.1. The zero-order valence-electron chi connectivity index (χ0n) is 16.0. The van der Waals surface area contributed by atoms with E-state index >= 15 is 0 Å². The second-order valence-electron chi connectivity index (χ2n) is 7.01. The summed E-state index contributed by atoms with van der Waals surface area (Å²) in [7, 11) is 0. The Hall–Kier alpha value is -2.62. The largest absolute Gasteiger partial charge is 0.352 e. The monoisotopic (exact) mass is 352 g/mol. The molecule has 0 spiro atoms. The van der Waals surface area contributed by atoms with Gasteiger partial charge in [-0.05, 0) is 38.8 Å². The molecule has 4 heteroatoms. The van der Waals surface area contributed by atoms with Gasteiger partial charge in [0.1, 0.15) is 6.04 Å². The average molecular weight is 352 g/mol. The van der Waals surface area contributed by atoms with E-state index < -0.39 is 6.04 Å². The highest BCUT2D eigenvalue weighted by molar-refractivity contribution is 5.88. The second-order valence-corrected chi connectivity index (χ2v) is 7.01. The summed E-state index contributed by atoms with van der Waals surface area (Å²) in [6, 6.07) is 17.2. The highest BCUT2D eigenvalue weighted by Gasteiger charge is 2.26. The number of carbonyl (C=O) groups is 2. The van der Waals surface area contributed by atoms with E-state index in [0.717, 1.165) is 16.7 Å². The van der Waals surface area contributed by atoms with Gasteiger partial charge in [-0.2, -0.15) is 0 Å². The predicted octanol–water partition coefficient (Wildman–Crippen LogP) is 3.48. The number of hydrogen-bond acceptors (Lipinski definition) is 2. The quantitative estimate of drug-likeness (QED) is 0.829. The molecule has 2 rings (SSSR count). The fraction of sp³-hybridized carbons (Fsp3) is 0.364. The van der Waals surface area contributed by atoms with Gasteiger partial charge in [-0.1, -0.05) is 60.2 Å². The number of carbonyl (C=O) groups excluding carboxylic acids is 2. The van der Waals surface area contributed by atoms with Crippen molar-refractivity contribution in [2.45, 2.75) is 52.7 Å². The van der Waals surface area contributed by atoms with Gasteiger partial charge in [0.05, 0.1) is 6.42 Å². The van der Waals surface area contributed by atoms with E-state index in [0.29, 0.717) is 6.54 Å². The first-order chi connectivity index (χ1) is 12.4. The molecule has 0 aliphatic carbocycles. The molecule has 2 aromatic rings. The first kappa shape index (κ1) is 19.7. The van der Waals surface area contributed by atoms with E-state index in [1.165, 1.54) is 0 Å². The smallest absolute Gasteiger partial charge is 0.242 e. The average Bonchev–Trinajstić information content (AvgIpc) is 2.61. The predicted molar refractivity (Wildman–Crippen MR) is 105 cm³/mol. The van der Waals surface area contributed by atoms with E-state index in [-0.39, 0.29) is 24.3 Å². The van der Waals surface area contributed by atoms with Gasteiger partial charge in [-0.25, -0.2) is 0 Å². The van der Waals surface area contributed by atoms with Crippen LogP contribution in [-0.2, 0) is 22.6 Å². The molecule has 138 valence electrons. The molecule has 0 radical (unpaired) electrons. The van der Waals surface area contributed by atoms with Crippen LogP contribution in [-0.4, -0.2) is 28.8 Å². The number of rotatable bonds is 7. The van der Waals surface area contributed by atoms with Crippen molar-refractivity contribution in [1.82, 2.24) is 10.2 Å². The maximum atomic E-state index is 13.0. The van der Waals surface area contributed by atoms with Crippen LogP contribution in [0.5, 0.6) is 0 Å². The van der Waals surface area contributed by atoms with Crippen molar-refractivity contribution in [1.29, 1.82) is 0 Å². The van der Waals surface area contributed by atoms with Crippen LogP contribution in [0.4, 0.5) is 0 Å². The second kappa shape index (κ2) is 9.18. The molecule has 0 bridgehead atoms. The minimum atomic E-state index is -0.532. The molecule has 1 N–H and O–H groups in total. The molecule has 2 aromatic carbocycles. The molecule has 0 aliphatic rings. The number of nitrogens with one attached hydrogen (secondary N) is 1. The fourth-order valence-corrected chi connectivity index (χ4v) is 2.75. The Labute approximate surface area is 156 Å². The summed E-state index contributed by atoms with van der Waals surface area (Å²) in [6.45, 7) is 8.05. The first-order valence-corrected chi connectivity index (χ1v) is 9.06. The summed E-state index contributed by atoms with van der Waals surface area (Å²) in [6.07, 6.45) is 0.284. The lowest BCUT2D eigenvalue weighted by Crippen LogP contribution is -2.49. The Bertz CT molecular complexity index is 724. The topological polar surface area (TPSA) is 49.4 Å². The third kappa shape index (κ3) is 5.73. The Morgan fingerprint density at radius 2 is 1.54 bits per heavy atom. The molecule has 0 aromatic heterocycles. The lowest BCUT2D eigenvalue weighted by molar-refractivity contribution is -0.140. The molecule has 0 fully saturated rings. The molecule has 2 amide bonds. The molecule has 0 aliphatic heterocycles. The standard InChI is InChI=1S/C22H28N2O2/c1-16(2)23-22(26)18(4)24(15-20-8-6-5-7-9-20)21(25)14-19-12-10-17(3)11-13-19/h5-13,16,18H,14-15H2,1-4H3,(H,23,26)/t18-/m0/s1. The Morgan fingerprint density at radius 3 is 2.12 bits per heavy atom. The summed E-state index contributed by atoms with van der Waals surface area (Å²) in [5.74, 6) is -0.183. The number of amides is 2. The molecule has 1 atom stereocenters. The third-order valence-corrected chi connectivity index (χ3v) is 4.27. The van der Waals surface area contributed by atoms with Crippen LogP contribution in [0.15, 0.2) is 54.6 Å². The highest BCUT2D eigenvalue weighted by Crippen LogP contribution is 2.13. The van der Waals surface area contributed by atoms with Gasteiger partial charge in [-0.15, -0.1) is 0 Å². The van der Waals surface area contributed by atoms with E-state index in [1.807, 2.05) is 75.4 Å². The summed E-state index contributed by atoms with van der Waals surface area (Å²) in [4.78, 5) is 27.1. The van der Waals surface area contributed by atoms with Gasteiger partial charge in [0.25, 0.3) is 0 Å². The van der Waals surface area contributed by atoms with Crippen LogP contribution in [0.1, 0.15) is 37.5 Å². The van der Waals surface area contributed by atoms with Gasteiger partial charge in [0, 0.05) is 12.6 Å². The number of aryl methyl sites for hydroxylation is 1. The van der Waals surface area contributed by atoms with Crippen molar-refractivity contribution in [3.8, 4) is 0 Å². The zero-order valence-corrected chi connectivity index (χ0v) is 16.0. The molecule has 26 heavy (non-hydrogen) atoms. The lowest BCUT2D eigenvalue weighted by Gasteiger charge is -2.29. The maximum absolute atomic E-state index is 13.0. The normalized spacial score (nSPS) is 11.9. The summed E-state index contributed by atoms with van der Waals surface area (Å²) in [5.41, 5.74) is 3.12. The van der Waals surface area contributed by atoms with Crippen molar-refractivity contribution in [3.63, 3.8) is 0 Å². The van der Waals surface area contributed by atoms with Crippen LogP contribution in [0.3, 0.4) is 0 Å². The molecule has 0 unspecified atom stereocenters. The lowest BCUT2D eigenvalue weighted by atomic mass is 10.1. The van der Waals surface area contributed by atoms with Gasteiger partial charge in [-0.3, -0.25) is 9.59 Å². The first-order valence-electron chi connectivity index (χ1n) is 9.06. The van der Waals surface area contributed by atoms with Crippen molar-refractivity contribution >= 4 is 11.8 Å². The van der Waals surface area contributed by atoms with Crippen LogP contribution < -0.4 is 5.32 Å². The number of benzene rings is 2. The minimum absolute atomic E-state index is 0.0377. The van der Waals surface area contributed by atoms with Gasteiger partial charge >= 0.3 is 0 Å².